The molecule has 2 fully saturated rings. The Balaban J connectivity index is 1.60. The van der Waals surface area contributed by atoms with Gasteiger partial charge in [-0.1, -0.05) is 0 Å². The van der Waals surface area contributed by atoms with Gasteiger partial charge in [-0.2, -0.15) is 0 Å². The van der Waals surface area contributed by atoms with Crippen molar-refractivity contribution in [2.24, 2.45) is 0 Å². The summed E-state index contributed by atoms with van der Waals surface area (Å²) in [6, 6.07) is 0.111. The number of rotatable bonds is 4. The predicted octanol–water partition coefficient (Wildman–Crippen LogP) is 1.63. The first-order valence-corrected chi connectivity index (χ1v) is 10.6. The van der Waals surface area contributed by atoms with Crippen LogP contribution in [0.15, 0.2) is 12.4 Å². The second-order valence-corrected chi connectivity index (χ2v) is 10.2. The molecule has 166 valence electrons. The molecule has 8 nitrogen and oxygen atoms in total. The van der Waals surface area contributed by atoms with Crippen LogP contribution in [0.5, 0.6) is 0 Å². The Bertz CT molecular complexity index is 747. The smallest absolute Gasteiger partial charge is 0.399 e. The molecular formula is C21H35BN4O4. The molecule has 0 saturated carbocycles. The van der Waals surface area contributed by atoms with Crippen LogP contribution in [0.1, 0.15) is 55.4 Å². The number of anilines is 1. The molecule has 0 N–H and O–H groups in total. The molecule has 1 aromatic heterocycles. The van der Waals surface area contributed by atoms with E-state index in [0.717, 1.165) is 5.46 Å². The quantitative estimate of drug-likeness (QED) is 0.688. The monoisotopic (exact) mass is 418 g/mol. The first kappa shape index (κ1) is 23.0. The van der Waals surface area contributed by atoms with E-state index in [9.17, 15) is 4.79 Å². The third kappa shape index (κ3) is 4.95. The van der Waals surface area contributed by atoms with E-state index in [-0.39, 0.29) is 24.2 Å². The average Bonchev–Trinajstić information content (AvgIpc) is 2.86. The lowest BCUT2D eigenvalue weighted by atomic mass is 9.81. The highest BCUT2D eigenvalue weighted by atomic mass is 16.7. The zero-order valence-electron chi connectivity index (χ0n) is 19.6. The molecule has 1 unspecified atom stereocenters. The van der Waals surface area contributed by atoms with Crippen LogP contribution in [-0.2, 0) is 18.8 Å². The van der Waals surface area contributed by atoms with Gasteiger partial charge in [0, 0.05) is 43.5 Å². The van der Waals surface area contributed by atoms with Crippen LogP contribution >= 0.6 is 0 Å². The summed E-state index contributed by atoms with van der Waals surface area (Å²) in [6.45, 7) is 18.1. The number of carbonyl (C=O) groups excluding carboxylic acids is 1. The van der Waals surface area contributed by atoms with E-state index in [1.54, 1.807) is 12.4 Å². The summed E-state index contributed by atoms with van der Waals surface area (Å²) in [5, 5.41) is 0. The Kier molecular flexibility index (Phi) is 6.19. The van der Waals surface area contributed by atoms with E-state index in [0.29, 0.717) is 25.6 Å². The molecule has 2 aliphatic heterocycles. The van der Waals surface area contributed by atoms with E-state index in [1.165, 1.54) is 0 Å². The van der Waals surface area contributed by atoms with Crippen molar-refractivity contribution in [1.29, 1.82) is 0 Å². The molecule has 1 aromatic rings. The highest BCUT2D eigenvalue weighted by Gasteiger charge is 2.52. The Hall–Kier alpha value is -1.71. The van der Waals surface area contributed by atoms with Crippen LogP contribution in [0.2, 0.25) is 0 Å². The Morgan fingerprint density at radius 2 is 1.73 bits per heavy atom. The lowest BCUT2D eigenvalue weighted by molar-refractivity contribution is -0.141. The van der Waals surface area contributed by atoms with Gasteiger partial charge >= 0.3 is 7.12 Å². The lowest BCUT2D eigenvalue weighted by Gasteiger charge is -2.40. The van der Waals surface area contributed by atoms with E-state index < -0.39 is 18.3 Å². The summed E-state index contributed by atoms with van der Waals surface area (Å²) in [5.74, 6) is 0.675. The molecule has 0 radical (unpaired) electrons. The average molecular weight is 418 g/mol. The maximum Gasteiger partial charge on any atom is 0.498 e. The fourth-order valence-corrected chi connectivity index (χ4v) is 3.43. The minimum Gasteiger partial charge on any atom is -0.399 e. The Labute approximate surface area is 180 Å². The van der Waals surface area contributed by atoms with Crippen molar-refractivity contribution in [2.45, 2.75) is 78.2 Å². The van der Waals surface area contributed by atoms with Gasteiger partial charge in [-0.05, 0) is 55.4 Å². The summed E-state index contributed by atoms with van der Waals surface area (Å²) >= 11 is 0. The number of piperazine rings is 1. The summed E-state index contributed by atoms with van der Waals surface area (Å²) in [7, 11) is -0.473. The molecule has 2 aliphatic rings. The third-order valence-corrected chi connectivity index (χ3v) is 6.05. The van der Waals surface area contributed by atoms with Gasteiger partial charge in [0.15, 0.2) is 0 Å². The standard InChI is InChI=1S/C21H35BN4O4/c1-15-13-25(17(27)14-28-19(2,3)4)9-10-26(15)18-23-11-16(12-24-18)22-29-20(5,6)21(7,8)30-22/h11-12,15H,9-10,13-14H2,1-8H3. The van der Waals surface area contributed by atoms with Gasteiger partial charge in [-0.25, -0.2) is 9.97 Å². The largest absolute Gasteiger partial charge is 0.498 e. The van der Waals surface area contributed by atoms with Gasteiger partial charge in [0.25, 0.3) is 0 Å². The van der Waals surface area contributed by atoms with Crippen molar-refractivity contribution in [1.82, 2.24) is 14.9 Å². The van der Waals surface area contributed by atoms with Gasteiger partial charge in [0.2, 0.25) is 11.9 Å². The predicted molar refractivity (Wildman–Crippen MR) is 117 cm³/mol. The lowest BCUT2D eigenvalue weighted by Crippen LogP contribution is -2.55. The molecule has 2 saturated heterocycles. The Morgan fingerprint density at radius 1 is 1.17 bits per heavy atom. The number of ether oxygens (including phenoxy) is 1. The normalized spacial score (nSPS) is 23.7. The van der Waals surface area contributed by atoms with Crippen LogP contribution in [0.4, 0.5) is 5.95 Å². The van der Waals surface area contributed by atoms with Crippen LogP contribution in [0.25, 0.3) is 0 Å². The van der Waals surface area contributed by atoms with Crippen molar-refractivity contribution >= 4 is 24.4 Å². The van der Waals surface area contributed by atoms with Crippen LogP contribution in [-0.4, -0.2) is 77.0 Å². The fourth-order valence-electron chi connectivity index (χ4n) is 3.43. The fraction of sp³-hybridized carbons (Fsp3) is 0.762. The number of hydrogen-bond donors (Lipinski definition) is 0. The molecule has 0 bridgehead atoms. The van der Waals surface area contributed by atoms with Gasteiger partial charge in [-0.3, -0.25) is 4.79 Å². The van der Waals surface area contributed by atoms with Crippen LogP contribution in [0.3, 0.4) is 0 Å². The molecule has 3 rings (SSSR count). The van der Waals surface area contributed by atoms with E-state index in [4.69, 9.17) is 14.0 Å². The van der Waals surface area contributed by atoms with Gasteiger partial charge in [-0.15, -0.1) is 0 Å². The molecule has 1 amide bonds. The minimum atomic E-state index is -0.473. The summed E-state index contributed by atoms with van der Waals surface area (Å²) < 4.78 is 17.8. The molecule has 0 spiro atoms. The summed E-state index contributed by atoms with van der Waals surface area (Å²) in [6.07, 6.45) is 3.54. The minimum absolute atomic E-state index is 0.0217. The highest BCUT2D eigenvalue weighted by molar-refractivity contribution is 6.61. The number of amides is 1. The molecular weight excluding hydrogens is 383 g/mol. The first-order chi connectivity index (χ1) is 13.8. The molecule has 9 heteroatoms. The number of nitrogens with zero attached hydrogens (tertiary/aromatic N) is 4. The van der Waals surface area contributed by atoms with Gasteiger partial charge in [0.05, 0.1) is 16.8 Å². The second kappa shape index (κ2) is 8.09. The van der Waals surface area contributed by atoms with Crippen molar-refractivity contribution in [2.75, 3.05) is 31.1 Å². The van der Waals surface area contributed by atoms with Crippen molar-refractivity contribution < 1.29 is 18.8 Å². The summed E-state index contributed by atoms with van der Waals surface area (Å²) in [5.41, 5.74) is -0.316. The molecule has 30 heavy (non-hydrogen) atoms. The molecule has 0 aromatic carbocycles. The topological polar surface area (TPSA) is 77.0 Å². The number of aromatic nitrogens is 2. The third-order valence-electron chi connectivity index (χ3n) is 6.05. The van der Waals surface area contributed by atoms with E-state index in [2.05, 4.69) is 21.8 Å². The zero-order valence-corrected chi connectivity index (χ0v) is 19.6. The molecule has 1 atom stereocenters. The van der Waals surface area contributed by atoms with E-state index in [1.807, 2.05) is 53.4 Å². The maximum atomic E-state index is 12.5. The highest BCUT2D eigenvalue weighted by Crippen LogP contribution is 2.36. The number of carbonyl (C=O) groups is 1. The SMILES string of the molecule is CC1CN(C(=O)COC(C)(C)C)CCN1c1ncc(B2OC(C)(C)C(C)(C)O2)cn1. The molecule has 3 heterocycles. The van der Waals surface area contributed by atoms with Crippen molar-refractivity contribution in [3.05, 3.63) is 12.4 Å². The zero-order chi connectivity index (χ0) is 22.3. The van der Waals surface area contributed by atoms with Gasteiger partial charge in [0.1, 0.15) is 6.61 Å². The van der Waals surface area contributed by atoms with Crippen LogP contribution < -0.4 is 10.4 Å². The molecule has 0 aliphatic carbocycles. The van der Waals surface area contributed by atoms with Crippen molar-refractivity contribution in [3.8, 4) is 0 Å². The van der Waals surface area contributed by atoms with Crippen molar-refractivity contribution in [3.63, 3.8) is 0 Å². The summed E-state index contributed by atoms with van der Waals surface area (Å²) in [4.78, 5) is 25.5. The first-order valence-electron chi connectivity index (χ1n) is 10.6. The van der Waals surface area contributed by atoms with Gasteiger partial charge < -0.3 is 23.8 Å². The Morgan fingerprint density at radius 3 is 2.23 bits per heavy atom. The second-order valence-electron chi connectivity index (χ2n) is 10.2. The number of hydrogen-bond acceptors (Lipinski definition) is 7. The maximum absolute atomic E-state index is 12.5. The van der Waals surface area contributed by atoms with Crippen LogP contribution in [0, 0.1) is 0 Å². The van der Waals surface area contributed by atoms with E-state index >= 15 is 0 Å².